The van der Waals surface area contributed by atoms with E-state index in [9.17, 15) is 14.4 Å². The first kappa shape index (κ1) is 21.2. The van der Waals surface area contributed by atoms with E-state index < -0.39 is 11.5 Å². The van der Waals surface area contributed by atoms with E-state index in [0.717, 1.165) is 0 Å². The summed E-state index contributed by atoms with van der Waals surface area (Å²) in [5.74, 6) is -0.261. The molecule has 0 saturated heterocycles. The van der Waals surface area contributed by atoms with Crippen LogP contribution in [0.3, 0.4) is 0 Å². The average molecular weight is 408 g/mol. The minimum atomic E-state index is -0.475. The van der Waals surface area contributed by atoms with Crippen LogP contribution < -0.4 is 26.7 Å². The van der Waals surface area contributed by atoms with Crippen LogP contribution in [0.2, 0.25) is 5.02 Å². The molecule has 0 bridgehead atoms. The average Bonchev–Trinajstić information content (AvgIpc) is 2.64. The molecule has 0 aliphatic carbocycles. The lowest BCUT2D eigenvalue weighted by Gasteiger charge is -2.15. The van der Waals surface area contributed by atoms with Gasteiger partial charge in [0.1, 0.15) is 5.75 Å². The van der Waals surface area contributed by atoms with Crippen molar-refractivity contribution in [3.63, 3.8) is 0 Å². The molecule has 2 rings (SSSR count). The SMILES string of the molecule is CCn1c(C)c(NC(=O)COc2ccc(Cl)cc2CNC(C)=O)nc(N)c1=O. The topological polar surface area (TPSA) is 128 Å². The third kappa shape index (κ3) is 5.23. The van der Waals surface area contributed by atoms with Crippen LogP contribution >= 0.6 is 11.6 Å². The van der Waals surface area contributed by atoms with Crippen LogP contribution in [-0.4, -0.2) is 28.0 Å². The zero-order chi connectivity index (χ0) is 20.8. The standard InChI is InChI=1S/C18H22ClN5O4/c1-4-24-10(2)17(23-16(20)18(24)27)22-15(26)9-28-14-6-5-13(19)7-12(14)8-21-11(3)25/h5-7H,4,8-9H2,1-3H3,(H2,20,23)(H,21,25)(H,22,26). The molecule has 150 valence electrons. The van der Waals surface area contributed by atoms with Crippen molar-refractivity contribution in [2.45, 2.75) is 33.9 Å². The molecule has 4 N–H and O–H groups in total. The minimum Gasteiger partial charge on any atom is -0.483 e. The van der Waals surface area contributed by atoms with Gasteiger partial charge < -0.3 is 25.7 Å². The molecule has 28 heavy (non-hydrogen) atoms. The quantitative estimate of drug-likeness (QED) is 0.637. The Balaban J connectivity index is 2.10. The molecule has 0 saturated carbocycles. The Kier molecular flexibility index (Phi) is 7.00. The van der Waals surface area contributed by atoms with E-state index in [1.807, 2.05) is 0 Å². The van der Waals surface area contributed by atoms with E-state index in [-0.39, 0.29) is 30.7 Å². The van der Waals surface area contributed by atoms with Gasteiger partial charge in [-0.3, -0.25) is 14.4 Å². The molecule has 1 aromatic carbocycles. The van der Waals surface area contributed by atoms with Gasteiger partial charge in [0.05, 0.1) is 5.69 Å². The van der Waals surface area contributed by atoms with Crippen LogP contribution in [0.15, 0.2) is 23.0 Å². The molecule has 10 heteroatoms. The van der Waals surface area contributed by atoms with Gasteiger partial charge in [-0.2, -0.15) is 0 Å². The van der Waals surface area contributed by atoms with Gasteiger partial charge in [0.25, 0.3) is 11.5 Å². The molecular weight excluding hydrogens is 386 g/mol. The van der Waals surface area contributed by atoms with Crippen LogP contribution in [0.25, 0.3) is 0 Å². The van der Waals surface area contributed by atoms with Crippen LogP contribution in [0.5, 0.6) is 5.75 Å². The fourth-order valence-electron chi connectivity index (χ4n) is 2.52. The number of carbonyl (C=O) groups is 2. The van der Waals surface area contributed by atoms with E-state index in [0.29, 0.717) is 28.6 Å². The molecule has 0 spiro atoms. The van der Waals surface area contributed by atoms with Gasteiger partial charge in [0.2, 0.25) is 5.91 Å². The van der Waals surface area contributed by atoms with E-state index in [1.165, 1.54) is 11.5 Å². The number of rotatable bonds is 7. The second-order valence-corrected chi connectivity index (χ2v) is 6.42. The summed E-state index contributed by atoms with van der Waals surface area (Å²) in [4.78, 5) is 39.3. The van der Waals surface area contributed by atoms with Crippen molar-refractivity contribution < 1.29 is 14.3 Å². The summed E-state index contributed by atoms with van der Waals surface area (Å²) in [6.45, 7) is 5.16. The Morgan fingerprint density at radius 1 is 1.36 bits per heavy atom. The van der Waals surface area contributed by atoms with Crippen LogP contribution in [0, 0.1) is 6.92 Å². The number of hydrogen-bond acceptors (Lipinski definition) is 6. The van der Waals surface area contributed by atoms with Gasteiger partial charge >= 0.3 is 0 Å². The first-order valence-corrected chi connectivity index (χ1v) is 8.93. The highest BCUT2D eigenvalue weighted by atomic mass is 35.5. The zero-order valence-electron chi connectivity index (χ0n) is 15.8. The number of anilines is 2. The van der Waals surface area contributed by atoms with Gasteiger partial charge in [0.15, 0.2) is 18.2 Å². The number of nitrogens with one attached hydrogen (secondary N) is 2. The van der Waals surface area contributed by atoms with Crippen LogP contribution in [-0.2, 0) is 22.7 Å². The summed E-state index contributed by atoms with van der Waals surface area (Å²) in [5.41, 5.74) is 6.35. The zero-order valence-corrected chi connectivity index (χ0v) is 16.6. The maximum atomic E-state index is 12.3. The molecular formula is C18H22ClN5O4. The van der Waals surface area contributed by atoms with Crippen LogP contribution in [0.1, 0.15) is 25.1 Å². The molecule has 1 aromatic heterocycles. The molecule has 0 unspecified atom stereocenters. The maximum Gasteiger partial charge on any atom is 0.293 e. The Morgan fingerprint density at radius 3 is 2.71 bits per heavy atom. The molecule has 0 radical (unpaired) electrons. The van der Waals surface area contributed by atoms with Gasteiger partial charge in [-0.05, 0) is 32.0 Å². The molecule has 2 amide bonds. The number of nitrogen functional groups attached to an aromatic ring is 1. The molecule has 0 fully saturated rings. The number of halogens is 1. The van der Waals surface area contributed by atoms with Crippen molar-refractivity contribution in [1.82, 2.24) is 14.9 Å². The predicted octanol–water partition coefficient (Wildman–Crippen LogP) is 1.46. The first-order chi connectivity index (χ1) is 13.2. The van der Waals surface area contributed by atoms with Gasteiger partial charge in [-0.25, -0.2) is 4.98 Å². The molecule has 2 aromatic rings. The fraction of sp³-hybridized carbons (Fsp3) is 0.333. The van der Waals surface area contributed by atoms with Crippen molar-refractivity contribution in [2.75, 3.05) is 17.7 Å². The number of nitrogens with two attached hydrogens (primary N) is 1. The Morgan fingerprint density at radius 2 is 2.07 bits per heavy atom. The maximum absolute atomic E-state index is 12.3. The van der Waals surface area contributed by atoms with Crippen molar-refractivity contribution in [1.29, 1.82) is 0 Å². The number of ether oxygens (including phenoxy) is 1. The summed E-state index contributed by atoms with van der Waals surface area (Å²) >= 11 is 5.98. The predicted molar refractivity (Wildman–Crippen MR) is 106 cm³/mol. The number of benzene rings is 1. The lowest BCUT2D eigenvalue weighted by Crippen LogP contribution is -2.29. The lowest BCUT2D eigenvalue weighted by molar-refractivity contribution is -0.119. The summed E-state index contributed by atoms with van der Waals surface area (Å²) in [7, 11) is 0. The summed E-state index contributed by atoms with van der Waals surface area (Å²) < 4.78 is 6.98. The van der Waals surface area contributed by atoms with Gasteiger partial charge in [0, 0.05) is 30.6 Å². The molecule has 0 aliphatic rings. The Bertz CT molecular complexity index is 958. The lowest BCUT2D eigenvalue weighted by atomic mass is 10.2. The van der Waals surface area contributed by atoms with E-state index >= 15 is 0 Å². The van der Waals surface area contributed by atoms with Gasteiger partial charge in [-0.15, -0.1) is 0 Å². The second kappa shape index (κ2) is 9.23. The molecule has 9 nitrogen and oxygen atoms in total. The molecule has 0 atom stereocenters. The summed E-state index contributed by atoms with van der Waals surface area (Å²) in [5, 5.41) is 5.73. The number of hydrogen-bond donors (Lipinski definition) is 3. The smallest absolute Gasteiger partial charge is 0.293 e. The van der Waals surface area contributed by atoms with Crippen LogP contribution in [0.4, 0.5) is 11.6 Å². The minimum absolute atomic E-state index is 0.195. The van der Waals surface area contributed by atoms with Crippen molar-refractivity contribution in [2.24, 2.45) is 0 Å². The summed E-state index contributed by atoms with van der Waals surface area (Å²) in [6.07, 6.45) is 0. The van der Waals surface area contributed by atoms with E-state index in [1.54, 1.807) is 32.0 Å². The third-order valence-corrected chi connectivity index (χ3v) is 4.16. The summed E-state index contributed by atoms with van der Waals surface area (Å²) in [6, 6.07) is 4.88. The van der Waals surface area contributed by atoms with Crippen molar-refractivity contribution in [3.05, 3.63) is 44.8 Å². The highest BCUT2D eigenvalue weighted by molar-refractivity contribution is 6.30. The number of aromatic nitrogens is 2. The monoisotopic (exact) mass is 407 g/mol. The molecule has 1 heterocycles. The number of nitrogens with zero attached hydrogens (tertiary/aromatic N) is 2. The largest absolute Gasteiger partial charge is 0.483 e. The van der Waals surface area contributed by atoms with Crippen molar-refractivity contribution in [3.8, 4) is 5.75 Å². The van der Waals surface area contributed by atoms with E-state index in [4.69, 9.17) is 22.1 Å². The highest BCUT2D eigenvalue weighted by Gasteiger charge is 2.14. The van der Waals surface area contributed by atoms with E-state index in [2.05, 4.69) is 15.6 Å². The van der Waals surface area contributed by atoms with Gasteiger partial charge in [-0.1, -0.05) is 11.6 Å². The normalized spacial score (nSPS) is 10.4. The Hall–Kier alpha value is -3.07. The molecule has 0 aliphatic heterocycles. The number of amides is 2. The number of carbonyl (C=O) groups excluding carboxylic acids is 2. The Labute approximate surface area is 166 Å². The fourth-order valence-corrected chi connectivity index (χ4v) is 2.72. The first-order valence-electron chi connectivity index (χ1n) is 8.55. The second-order valence-electron chi connectivity index (χ2n) is 5.98. The third-order valence-electron chi connectivity index (χ3n) is 3.93. The highest BCUT2D eigenvalue weighted by Crippen LogP contribution is 2.23. The van der Waals surface area contributed by atoms with Crippen molar-refractivity contribution >= 4 is 35.1 Å².